The summed E-state index contributed by atoms with van der Waals surface area (Å²) in [6.07, 6.45) is -0.296. The molecule has 0 saturated heterocycles. The number of anilines is 2. The summed E-state index contributed by atoms with van der Waals surface area (Å²) >= 11 is 1.32. The van der Waals surface area contributed by atoms with E-state index in [-0.39, 0.29) is 44.1 Å². The number of aryl methyl sites for hydroxylation is 1. The molecule has 1 aliphatic carbocycles. The Hall–Kier alpha value is -3.13. The van der Waals surface area contributed by atoms with E-state index in [4.69, 9.17) is 0 Å². The van der Waals surface area contributed by atoms with Crippen LogP contribution in [0.15, 0.2) is 36.7 Å². The molecule has 0 bridgehead atoms. The van der Waals surface area contributed by atoms with Crippen molar-refractivity contribution in [2.75, 3.05) is 31.6 Å². The highest BCUT2D eigenvalue weighted by molar-refractivity contribution is 7.15. The molecule has 210 valence electrons. The van der Waals surface area contributed by atoms with E-state index >= 15 is 0 Å². The summed E-state index contributed by atoms with van der Waals surface area (Å²) in [6.45, 7) is 1.79. The van der Waals surface area contributed by atoms with Crippen molar-refractivity contribution < 1.29 is 33.3 Å². The third-order valence-electron chi connectivity index (χ3n) is 6.68. The maximum absolute atomic E-state index is 13.0. The van der Waals surface area contributed by atoms with Gasteiger partial charge in [-0.05, 0) is 61.9 Å². The number of carbonyl (C=O) groups is 1. The summed E-state index contributed by atoms with van der Waals surface area (Å²) in [5.74, 6) is -0.612. The van der Waals surface area contributed by atoms with E-state index in [0.717, 1.165) is 28.3 Å². The number of thiazole rings is 1. The summed E-state index contributed by atoms with van der Waals surface area (Å²) < 4.78 is 39.1. The first-order valence-electron chi connectivity index (χ1n) is 12.5. The van der Waals surface area contributed by atoms with Gasteiger partial charge in [-0.3, -0.25) is 4.79 Å². The van der Waals surface area contributed by atoms with Crippen molar-refractivity contribution in [3.8, 4) is 10.4 Å². The number of alkyl halides is 3. The second-order valence-electron chi connectivity index (χ2n) is 9.58. The van der Waals surface area contributed by atoms with Gasteiger partial charge in [-0.15, -0.1) is 11.3 Å². The smallest absolute Gasteiger partial charge is 0.395 e. The fourth-order valence-corrected chi connectivity index (χ4v) is 5.76. The van der Waals surface area contributed by atoms with Crippen LogP contribution in [0, 0.1) is 12.8 Å². The number of rotatable bonds is 9. The fraction of sp³-hybridized carbons (Fsp3) is 0.462. The van der Waals surface area contributed by atoms with Crippen LogP contribution in [-0.4, -0.2) is 67.4 Å². The van der Waals surface area contributed by atoms with Gasteiger partial charge in [0.2, 0.25) is 11.9 Å². The number of aliphatic hydroxyl groups excluding tert-OH is 2. The number of halogens is 3. The first kappa shape index (κ1) is 28.9. The number of hydrogen-bond acceptors (Lipinski definition) is 9. The summed E-state index contributed by atoms with van der Waals surface area (Å²) in [4.78, 5) is 26.9. The van der Waals surface area contributed by atoms with E-state index in [1.807, 2.05) is 13.0 Å². The van der Waals surface area contributed by atoms with Crippen LogP contribution >= 0.6 is 11.3 Å². The number of hydrogen-bond donors (Lipinski definition) is 4. The first-order chi connectivity index (χ1) is 18.5. The second kappa shape index (κ2) is 11.9. The third kappa shape index (κ3) is 6.90. The van der Waals surface area contributed by atoms with E-state index in [1.165, 1.54) is 16.2 Å². The zero-order valence-corrected chi connectivity index (χ0v) is 22.1. The van der Waals surface area contributed by atoms with Crippen LogP contribution in [0.1, 0.15) is 41.9 Å². The van der Waals surface area contributed by atoms with Crippen molar-refractivity contribution >= 4 is 28.9 Å². The molecule has 1 fully saturated rings. The first-order valence-corrected chi connectivity index (χ1v) is 13.3. The van der Waals surface area contributed by atoms with Gasteiger partial charge in [0.1, 0.15) is 16.3 Å². The minimum Gasteiger partial charge on any atom is -0.395 e. The number of amides is 1. The highest BCUT2D eigenvalue weighted by Gasteiger charge is 2.40. The van der Waals surface area contributed by atoms with Crippen LogP contribution in [0.4, 0.5) is 24.8 Å². The Morgan fingerprint density at radius 2 is 1.85 bits per heavy atom. The number of aromatic nitrogens is 3. The molecule has 39 heavy (non-hydrogen) atoms. The van der Waals surface area contributed by atoms with Gasteiger partial charge < -0.3 is 25.5 Å². The van der Waals surface area contributed by atoms with Crippen molar-refractivity contribution in [3.63, 3.8) is 0 Å². The predicted molar refractivity (Wildman–Crippen MR) is 139 cm³/mol. The average Bonchev–Trinajstić information content (AvgIpc) is 3.40. The van der Waals surface area contributed by atoms with E-state index in [0.29, 0.717) is 36.4 Å². The molecule has 13 heteroatoms. The molecular weight excluding hydrogens is 535 g/mol. The van der Waals surface area contributed by atoms with Crippen molar-refractivity contribution in [2.24, 2.45) is 5.92 Å². The lowest BCUT2D eigenvalue weighted by molar-refractivity contribution is -0.141. The van der Waals surface area contributed by atoms with Crippen molar-refractivity contribution in [1.29, 1.82) is 0 Å². The number of benzene rings is 1. The lowest BCUT2D eigenvalue weighted by Crippen LogP contribution is -2.43. The van der Waals surface area contributed by atoms with Crippen LogP contribution in [0.5, 0.6) is 0 Å². The van der Waals surface area contributed by atoms with Gasteiger partial charge in [-0.25, -0.2) is 15.0 Å². The highest BCUT2D eigenvalue weighted by atomic mass is 32.1. The maximum atomic E-state index is 13.0. The highest BCUT2D eigenvalue weighted by Crippen LogP contribution is 2.43. The van der Waals surface area contributed by atoms with Gasteiger partial charge in [-0.1, -0.05) is 6.07 Å². The minimum absolute atomic E-state index is 0.135. The van der Waals surface area contributed by atoms with Gasteiger partial charge in [0.05, 0.1) is 18.1 Å². The van der Waals surface area contributed by atoms with Crippen molar-refractivity contribution in [3.05, 3.63) is 52.9 Å². The molecule has 1 aliphatic rings. The SMILES string of the molecule is Cc1cc(Nc2nccc(C(F)(F)F)n2)cc(-c2cnc(C3(O)CCC(C(=O)N(CCO)CCO)CC3)s2)c1. The molecule has 4 N–H and O–H groups in total. The topological polar surface area (TPSA) is 132 Å². The molecule has 1 amide bonds. The Morgan fingerprint density at radius 3 is 2.49 bits per heavy atom. The molecule has 4 rings (SSSR count). The zero-order valence-electron chi connectivity index (χ0n) is 21.3. The molecule has 1 aromatic carbocycles. The van der Waals surface area contributed by atoms with Gasteiger partial charge in [0.15, 0.2) is 0 Å². The Bertz CT molecular complexity index is 1290. The van der Waals surface area contributed by atoms with Crippen LogP contribution < -0.4 is 5.32 Å². The predicted octanol–water partition coefficient (Wildman–Crippen LogP) is 3.86. The largest absolute Gasteiger partial charge is 0.433 e. The molecule has 9 nitrogen and oxygen atoms in total. The normalized spacial score (nSPS) is 19.6. The van der Waals surface area contributed by atoms with Crippen molar-refractivity contribution in [1.82, 2.24) is 19.9 Å². The maximum Gasteiger partial charge on any atom is 0.433 e. The van der Waals surface area contributed by atoms with E-state index < -0.39 is 17.5 Å². The molecule has 2 aromatic heterocycles. The Labute approximate surface area is 227 Å². The van der Waals surface area contributed by atoms with Gasteiger partial charge >= 0.3 is 6.18 Å². The molecule has 2 heterocycles. The summed E-state index contributed by atoms with van der Waals surface area (Å²) in [5.41, 5.74) is -0.101. The van der Waals surface area contributed by atoms with Crippen LogP contribution in [0.3, 0.4) is 0 Å². The summed E-state index contributed by atoms with van der Waals surface area (Å²) in [5, 5.41) is 33.2. The van der Waals surface area contributed by atoms with E-state index in [1.54, 1.807) is 18.3 Å². The summed E-state index contributed by atoms with van der Waals surface area (Å²) in [6, 6.07) is 6.23. The van der Waals surface area contributed by atoms with Gasteiger partial charge in [0.25, 0.3) is 0 Å². The molecule has 0 aliphatic heterocycles. The molecule has 0 spiro atoms. The molecule has 0 unspecified atom stereocenters. The second-order valence-corrected chi connectivity index (χ2v) is 10.6. The molecule has 3 aromatic rings. The Morgan fingerprint density at radius 1 is 1.15 bits per heavy atom. The zero-order chi connectivity index (χ0) is 28.2. The monoisotopic (exact) mass is 565 g/mol. The minimum atomic E-state index is -4.58. The van der Waals surface area contributed by atoms with Gasteiger partial charge in [-0.2, -0.15) is 13.2 Å². The van der Waals surface area contributed by atoms with E-state index in [2.05, 4.69) is 20.3 Å². The lowest BCUT2D eigenvalue weighted by atomic mass is 9.78. The Balaban J connectivity index is 1.47. The van der Waals surface area contributed by atoms with Crippen molar-refractivity contribution in [2.45, 2.75) is 44.4 Å². The Kier molecular flexibility index (Phi) is 8.84. The number of nitrogens with one attached hydrogen (secondary N) is 1. The third-order valence-corrected chi connectivity index (χ3v) is 7.92. The quantitative estimate of drug-likeness (QED) is 0.308. The standard InChI is InChI=1S/C26H30F3N5O4S/c1-16-12-18(14-19(13-16)32-24-30-7-4-21(33-24)26(27,28)29)20-15-31-23(39-20)25(38)5-2-17(3-6-25)22(37)34(8-10-35)9-11-36/h4,7,12-15,17,35-36,38H,2-3,5-6,8-11H2,1H3,(H,30,32,33). The summed E-state index contributed by atoms with van der Waals surface area (Å²) in [7, 11) is 0. The molecule has 0 radical (unpaired) electrons. The molecular formula is C26H30F3N5O4S. The number of carbonyl (C=O) groups excluding carboxylic acids is 1. The average molecular weight is 566 g/mol. The van der Waals surface area contributed by atoms with Gasteiger partial charge in [0, 0.05) is 37.1 Å². The van der Waals surface area contributed by atoms with Crippen LogP contribution in [0.2, 0.25) is 0 Å². The lowest BCUT2D eigenvalue weighted by Gasteiger charge is -2.36. The van der Waals surface area contributed by atoms with E-state index in [9.17, 15) is 33.3 Å². The number of nitrogens with zero attached hydrogens (tertiary/aromatic N) is 4. The van der Waals surface area contributed by atoms with Crippen LogP contribution in [0.25, 0.3) is 10.4 Å². The molecule has 1 saturated carbocycles. The molecule has 0 atom stereocenters. The fourth-order valence-electron chi connectivity index (χ4n) is 4.71. The van der Waals surface area contributed by atoms with Crippen LogP contribution in [-0.2, 0) is 16.6 Å². The number of aliphatic hydroxyl groups is 3.